The lowest BCUT2D eigenvalue weighted by Crippen LogP contribution is -2.29. The van der Waals surface area contributed by atoms with Crippen LogP contribution in [0, 0.1) is 0 Å². The van der Waals surface area contributed by atoms with Gasteiger partial charge in [-0.1, -0.05) is 36.4 Å². The van der Waals surface area contributed by atoms with Gasteiger partial charge in [-0.15, -0.1) is 0 Å². The Labute approximate surface area is 92.1 Å². The zero-order chi connectivity index (χ0) is 11.5. The largest absolute Gasteiger partial charge is 0.340 e. The average Bonchev–Trinajstić information content (AvgIpc) is 2.27. The minimum atomic E-state index is -1.10. The van der Waals surface area contributed by atoms with E-state index in [4.69, 9.17) is 5.73 Å². The van der Waals surface area contributed by atoms with Gasteiger partial charge in [0.05, 0.1) is 0 Å². The lowest BCUT2D eigenvalue weighted by Gasteiger charge is -2.04. The molecule has 4 nitrogen and oxygen atoms in total. The highest BCUT2D eigenvalue weighted by atomic mass is 16.2. The Hall–Kier alpha value is -2.36. The highest BCUT2D eigenvalue weighted by Gasteiger charge is 2.10. The van der Waals surface area contributed by atoms with E-state index < -0.39 is 11.9 Å². The first-order valence-electron chi connectivity index (χ1n) is 4.73. The molecule has 16 heavy (non-hydrogen) atoms. The number of hydrogen-bond acceptors (Lipinski definition) is 2. The average molecular weight is 213 g/mol. The fourth-order valence-electron chi connectivity index (χ4n) is 1.59. The maximum absolute atomic E-state index is 11.6. The molecular weight excluding hydrogens is 204 g/mol. The number of fused-ring (bicyclic) bond motifs is 1. The highest BCUT2D eigenvalue weighted by Crippen LogP contribution is 2.18. The normalized spacial score (nSPS) is 10.0. The molecule has 4 heteroatoms. The molecule has 0 spiro atoms. The number of carbonyl (C=O) groups is 2. The second kappa shape index (κ2) is 4.02. The van der Waals surface area contributed by atoms with E-state index in [2.05, 4.69) is 0 Å². The lowest BCUT2D eigenvalue weighted by molar-refractivity contribution is 0.0967. The monoisotopic (exact) mass is 213 g/mol. The maximum atomic E-state index is 11.6. The van der Waals surface area contributed by atoms with Crippen LogP contribution in [0.1, 0.15) is 10.4 Å². The van der Waals surface area contributed by atoms with Crippen molar-refractivity contribution in [1.82, 2.24) is 11.1 Å². The van der Waals surface area contributed by atoms with Gasteiger partial charge in [0, 0.05) is 5.56 Å². The van der Waals surface area contributed by atoms with Crippen molar-refractivity contribution >= 4 is 22.7 Å². The summed E-state index contributed by atoms with van der Waals surface area (Å²) >= 11 is 0. The zero-order valence-corrected chi connectivity index (χ0v) is 8.36. The topological polar surface area (TPSA) is 70.0 Å². The molecule has 2 rings (SSSR count). The Morgan fingerprint density at radius 1 is 1.00 bits per heavy atom. The molecule has 0 aromatic heterocycles. The van der Waals surface area contributed by atoms with Gasteiger partial charge in [0.25, 0.3) is 5.91 Å². The molecule has 2 aromatic carbocycles. The van der Waals surface area contributed by atoms with Gasteiger partial charge in [-0.2, -0.15) is 0 Å². The third-order valence-electron chi connectivity index (χ3n) is 2.26. The molecule has 3 amide bonds. The summed E-state index contributed by atoms with van der Waals surface area (Å²) in [6, 6.07) is 11.5. The molecular formula is C12H9N2O2. The third kappa shape index (κ3) is 1.86. The van der Waals surface area contributed by atoms with E-state index >= 15 is 0 Å². The molecule has 1 radical (unpaired) electrons. The molecule has 2 aromatic rings. The third-order valence-corrected chi connectivity index (χ3v) is 2.26. The van der Waals surface area contributed by atoms with Crippen LogP contribution in [-0.2, 0) is 0 Å². The van der Waals surface area contributed by atoms with Crippen molar-refractivity contribution in [3.8, 4) is 0 Å². The van der Waals surface area contributed by atoms with E-state index in [1.165, 1.54) is 0 Å². The molecule has 0 aliphatic rings. The van der Waals surface area contributed by atoms with Gasteiger partial charge in [0.15, 0.2) is 0 Å². The van der Waals surface area contributed by atoms with E-state index in [0.717, 1.165) is 10.8 Å². The van der Waals surface area contributed by atoms with Crippen molar-refractivity contribution in [1.29, 1.82) is 0 Å². The summed E-state index contributed by atoms with van der Waals surface area (Å²) < 4.78 is 0. The number of rotatable bonds is 1. The summed E-state index contributed by atoms with van der Waals surface area (Å²) in [5, 5.41) is 3.63. The SMILES string of the molecule is [NH]C(=O)NC(=O)c1cccc2ccccc12. The van der Waals surface area contributed by atoms with Crippen LogP contribution in [0.3, 0.4) is 0 Å². The number of nitrogens with one attached hydrogen (secondary N) is 2. The molecule has 0 heterocycles. The van der Waals surface area contributed by atoms with Crippen LogP contribution in [0.4, 0.5) is 4.79 Å². The zero-order valence-electron chi connectivity index (χ0n) is 8.36. The van der Waals surface area contributed by atoms with Gasteiger partial charge in [-0.05, 0) is 16.8 Å². The number of imide groups is 1. The molecule has 0 saturated carbocycles. The molecule has 0 unspecified atom stereocenters. The van der Waals surface area contributed by atoms with E-state index in [1.54, 1.807) is 18.2 Å². The number of benzene rings is 2. The predicted octanol–water partition coefficient (Wildman–Crippen LogP) is 1.97. The first-order chi connectivity index (χ1) is 7.68. The van der Waals surface area contributed by atoms with E-state index in [-0.39, 0.29) is 0 Å². The van der Waals surface area contributed by atoms with Crippen molar-refractivity contribution in [3.63, 3.8) is 0 Å². The number of carbonyl (C=O) groups excluding carboxylic acids is 2. The number of amides is 3. The second-order valence-corrected chi connectivity index (χ2v) is 3.31. The van der Waals surface area contributed by atoms with Crippen LogP contribution in [0.25, 0.3) is 10.8 Å². The predicted molar refractivity (Wildman–Crippen MR) is 59.9 cm³/mol. The summed E-state index contributed by atoms with van der Waals surface area (Å²) in [5.41, 5.74) is 7.10. The Kier molecular flexibility index (Phi) is 2.55. The molecule has 0 aliphatic heterocycles. The Morgan fingerprint density at radius 3 is 2.44 bits per heavy atom. The van der Waals surface area contributed by atoms with Crippen LogP contribution in [0.15, 0.2) is 42.5 Å². The van der Waals surface area contributed by atoms with Crippen molar-refractivity contribution in [3.05, 3.63) is 48.0 Å². The smallest absolute Gasteiger partial charge is 0.273 e. The maximum Gasteiger partial charge on any atom is 0.340 e. The van der Waals surface area contributed by atoms with Crippen LogP contribution in [-0.4, -0.2) is 11.9 Å². The van der Waals surface area contributed by atoms with Crippen molar-refractivity contribution < 1.29 is 9.59 Å². The van der Waals surface area contributed by atoms with Crippen LogP contribution >= 0.6 is 0 Å². The summed E-state index contributed by atoms with van der Waals surface area (Å²) in [5.74, 6) is -0.545. The molecule has 0 atom stereocenters. The van der Waals surface area contributed by atoms with Gasteiger partial charge in [-0.25, -0.2) is 10.5 Å². The van der Waals surface area contributed by atoms with E-state index in [0.29, 0.717) is 5.56 Å². The minimum Gasteiger partial charge on any atom is -0.273 e. The molecule has 79 valence electrons. The number of urea groups is 1. The Morgan fingerprint density at radius 2 is 1.69 bits per heavy atom. The Bertz CT molecular complexity index is 558. The van der Waals surface area contributed by atoms with Crippen LogP contribution in [0.2, 0.25) is 0 Å². The van der Waals surface area contributed by atoms with Crippen LogP contribution in [0.5, 0.6) is 0 Å². The summed E-state index contributed by atoms with van der Waals surface area (Å²) in [6.07, 6.45) is 0. The Balaban J connectivity index is 2.52. The van der Waals surface area contributed by atoms with E-state index in [9.17, 15) is 9.59 Å². The molecule has 0 fully saturated rings. The summed E-state index contributed by atoms with van der Waals surface area (Å²) in [4.78, 5) is 22.1. The number of hydrogen-bond donors (Lipinski definition) is 1. The van der Waals surface area contributed by atoms with E-state index in [1.807, 2.05) is 29.6 Å². The molecule has 2 N–H and O–H groups in total. The van der Waals surface area contributed by atoms with Crippen molar-refractivity contribution in [2.24, 2.45) is 0 Å². The van der Waals surface area contributed by atoms with Crippen LogP contribution < -0.4 is 11.1 Å². The quantitative estimate of drug-likeness (QED) is 0.786. The van der Waals surface area contributed by atoms with Gasteiger partial charge < -0.3 is 0 Å². The van der Waals surface area contributed by atoms with Crippen molar-refractivity contribution in [2.45, 2.75) is 0 Å². The van der Waals surface area contributed by atoms with Gasteiger partial charge in [-0.3, -0.25) is 10.1 Å². The second-order valence-electron chi connectivity index (χ2n) is 3.31. The van der Waals surface area contributed by atoms with Gasteiger partial charge >= 0.3 is 6.03 Å². The first kappa shape index (κ1) is 10.2. The molecule has 0 bridgehead atoms. The standard InChI is InChI=1S/C12H9N2O2/c13-12(16)14-11(15)10-7-3-5-8-4-1-2-6-9(8)10/h1-7,13H,(H,14,15,16). The minimum absolute atomic E-state index is 0.402. The van der Waals surface area contributed by atoms with Gasteiger partial charge in [0.2, 0.25) is 0 Å². The summed E-state index contributed by atoms with van der Waals surface area (Å²) in [6.45, 7) is 0. The fourth-order valence-corrected chi connectivity index (χ4v) is 1.59. The highest BCUT2D eigenvalue weighted by molar-refractivity contribution is 6.11. The fraction of sp³-hybridized carbons (Fsp3) is 0. The lowest BCUT2D eigenvalue weighted by atomic mass is 10.0. The summed E-state index contributed by atoms with van der Waals surface area (Å²) in [7, 11) is 0. The van der Waals surface area contributed by atoms with Crippen molar-refractivity contribution in [2.75, 3.05) is 0 Å². The molecule has 0 saturated heterocycles. The van der Waals surface area contributed by atoms with Gasteiger partial charge in [0.1, 0.15) is 0 Å². The first-order valence-corrected chi connectivity index (χ1v) is 4.73. The molecule has 0 aliphatic carbocycles.